The van der Waals surface area contributed by atoms with E-state index < -0.39 is 11.8 Å². The van der Waals surface area contributed by atoms with Crippen molar-refractivity contribution in [3.63, 3.8) is 0 Å². The maximum Gasteiger partial charge on any atom is 0.270 e. The van der Waals surface area contributed by atoms with Gasteiger partial charge in [0.25, 0.3) is 17.7 Å². The van der Waals surface area contributed by atoms with Gasteiger partial charge in [-0.15, -0.1) is 0 Å². The topological polar surface area (TPSA) is 88.2 Å². The number of nitrogens with zero attached hydrogens (tertiary/aromatic N) is 2. The predicted octanol–water partition coefficient (Wildman–Crippen LogP) is 5.77. The number of methoxy groups -OCH3 is 1. The van der Waals surface area contributed by atoms with E-state index in [9.17, 15) is 14.4 Å². The molecule has 42 heavy (non-hydrogen) atoms. The molecular weight excluding hydrogens is 550 g/mol. The average molecular weight is 578 g/mol. The van der Waals surface area contributed by atoms with Crippen molar-refractivity contribution in [1.29, 1.82) is 0 Å². The summed E-state index contributed by atoms with van der Waals surface area (Å²) in [6.07, 6.45) is 1.50. The van der Waals surface area contributed by atoms with E-state index in [2.05, 4.69) is 5.32 Å². The number of ether oxygens (including phenoxy) is 2. The SMILES string of the molecule is COc1cc(C=C2C(=O)N(c3ccccc3)C(=S)N(c3ccccc3)C2=O)ccc1OCC(=O)Nc1cccc(C)c1. The van der Waals surface area contributed by atoms with E-state index in [1.807, 2.05) is 37.3 Å². The highest BCUT2D eigenvalue weighted by Gasteiger charge is 2.41. The van der Waals surface area contributed by atoms with Gasteiger partial charge >= 0.3 is 0 Å². The van der Waals surface area contributed by atoms with Gasteiger partial charge in [0.05, 0.1) is 18.5 Å². The van der Waals surface area contributed by atoms with Crippen LogP contribution in [0.5, 0.6) is 11.5 Å². The molecule has 0 atom stereocenters. The number of aryl methyl sites for hydroxylation is 1. The van der Waals surface area contributed by atoms with Crippen molar-refractivity contribution in [1.82, 2.24) is 0 Å². The quantitative estimate of drug-likeness (QED) is 0.163. The molecule has 0 unspecified atom stereocenters. The van der Waals surface area contributed by atoms with Crippen molar-refractivity contribution in [2.24, 2.45) is 0 Å². The number of nitrogens with one attached hydrogen (secondary N) is 1. The Morgan fingerprint density at radius 1 is 0.810 bits per heavy atom. The molecule has 0 spiro atoms. The summed E-state index contributed by atoms with van der Waals surface area (Å²) >= 11 is 5.65. The Morgan fingerprint density at radius 2 is 1.43 bits per heavy atom. The molecule has 8 nitrogen and oxygen atoms in total. The number of carbonyl (C=O) groups excluding carboxylic acids is 3. The summed E-state index contributed by atoms with van der Waals surface area (Å²) < 4.78 is 11.2. The third kappa shape index (κ3) is 6.06. The van der Waals surface area contributed by atoms with Gasteiger partial charge < -0.3 is 14.8 Å². The lowest BCUT2D eigenvalue weighted by Gasteiger charge is -2.36. The molecule has 210 valence electrons. The second kappa shape index (κ2) is 12.5. The van der Waals surface area contributed by atoms with Gasteiger partial charge in [-0.25, -0.2) is 0 Å². The van der Waals surface area contributed by atoms with Crippen molar-refractivity contribution in [3.05, 3.63) is 120 Å². The zero-order chi connectivity index (χ0) is 29.6. The molecule has 1 heterocycles. The van der Waals surface area contributed by atoms with Crippen molar-refractivity contribution in [3.8, 4) is 11.5 Å². The molecular formula is C33H27N3O5S. The highest BCUT2D eigenvalue weighted by molar-refractivity contribution is 7.81. The molecule has 3 amide bonds. The van der Waals surface area contributed by atoms with E-state index in [0.717, 1.165) is 5.56 Å². The van der Waals surface area contributed by atoms with Crippen LogP contribution in [0.15, 0.2) is 109 Å². The molecule has 1 aliphatic heterocycles. The molecule has 5 rings (SSSR count). The van der Waals surface area contributed by atoms with Gasteiger partial charge in [0.1, 0.15) is 5.57 Å². The van der Waals surface area contributed by atoms with Crippen LogP contribution in [0, 0.1) is 6.92 Å². The van der Waals surface area contributed by atoms with Crippen LogP contribution in [0.1, 0.15) is 11.1 Å². The van der Waals surface area contributed by atoms with Gasteiger partial charge in [0, 0.05) is 5.69 Å². The first-order chi connectivity index (χ1) is 20.4. The summed E-state index contributed by atoms with van der Waals surface area (Å²) in [7, 11) is 1.47. The van der Waals surface area contributed by atoms with Gasteiger partial charge in [-0.05, 0) is 84.9 Å². The van der Waals surface area contributed by atoms with E-state index in [4.69, 9.17) is 21.7 Å². The van der Waals surface area contributed by atoms with Gasteiger partial charge in [-0.3, -0.25) is 24.2 Å². The summed E-state index contributed by atoms with van der Waals surface area (Å²) in [6.45, 7) is 1.70. The van der Waals surface area contributed by atoms with Crippen LogP contribution in [0.3, 0.4) is 0 Å². The van der Waals surface area contributed by atoms with E-state index >= 15 is 0 Å². The first-order valence-corrected chi connectivity index (χ1v) is 13.5. The fourth-order valence-corrected chi connectivity index (χ4v) is 4.84. The number of anilines is 3. The number of hydrogen-bond acceptors (Lipinski definition) is 6. The standard InChI is InChI=1S/C33H27N3O5S/c1-22-10-9-11-24(18-22)34-30(37)21-41-28-17-16-23(20-29(28)40-2)19-27-31(38)35(25-12-5-3-6-13-25)33(42)36(32(27)39)26-14-7-4-8-15-26/h3-20H,21H2,1-2H3,(H,34,37). The van der Waals surface area contributed by atoms with Gasteiger partial charge in [0.2, 0.25) is 0 Å². The van der Waals surface area contributed by atoms with Crippen molar-refractivity contribution in [2.45, 2.75) is 6.92 Å². The highest BCUT2D eigenvalue weighted by atomic mass is 32.1. The van der Waals surface area contributed by atoms with E-state index in [1.54, 1.807) is 72.8 Å². The molecule has 0 aliphatic carbocycles. The van der Waals surface area contributed by atoms with Gasteiger partial charge in [0.15, 0.2) is 23.2 Å². The van der Waals surface area contributed by atoms with E-state index in [1.165, 1.54) is 23.0 Å². The Bertz CT molecular complexity index is 1630. The molecule has 1 saturated heterocycles. The summed E-state index contributed by atoms with van der Waals surface area (Å²) in [4.78, 5) is 42.6. The summed E-state index contributed by atoms with van der Waals surface area (Å²) in [6, 6.07) is 30.3. The molecule has 0 saturated carbocycles. The third-order valence-electron chi connectivity index (χ3n) is 6.44. The number of benzene rings is 4. The molecule has 0 aromatic heterocycles. The average Bonchev–Trinajstić information content (AvgIpc) is 2.99. The Morgan fingerprint density at radius 3 is 2.00 bits per heavy atom. The van der Waals surface area contributed by atoms with Crippen LogP contribution in [-0.2, 0) is 14.4 Å². The van der Waals surface area contributed by atoms with Crippen LogP contribution in [0.2, 0.25) is 0 Å². The smallest absolute Gasteiger partial charge is 0.270 e. The Labute approximate surface area is 248 Å². The van der Waals surface area contributed by atoms with Crippen molar-refractivity contribution < 1.29 is 23.9 Å². The lowest BCUT2D eigenvalue weighted by molar-refractivity contribution is -0.121. The fraction of sp³-hybridized carbons (Fsp3) is 0.0909. The van der Waals surface area contributed by atoms with Crippen LogP contribution < -0.4 is 24.6 Å². The molecule has 1 fully saturated rings. The number of rotatable bonds is 8. The van der Waals surface area contributed by atoms with Crippen LogP contribution in [0.25, 0.3) is 6.08 Å². The summed E-state index contributed by atoms with van der Waals surface area (Å²) in [5, 5.41) is 2.86. The normalized spacial score (nSPS) is 13.2. The molecule has 9 heteroatoms. The van der Waals surface area contributed by atoms with Crippen LogP contribution in [-0.4, -0.2) is 36.6 Å². The zero-order valence-corrected chi connectivity index (χ0v) is 23.8. The van der Waals surface area contributed by atoms with Gasteiger partial charge in [-0.1, -0.05) is 54.6 Å². The summed E-state index contributed by atoms with van der Waals surface area (Å²) in [5.74, 6) is -0.756. The van der Waals surface area contributed by atoms with E-state index in [0.29, 0.717) is 34.1 Å². The van der Waals surface area contributed by atoms with E-state index in [-0.39, 0.29) is 23.2 Å². The monoisotopic (exact) mass is 577 g/mol. The maximum atomic E-state index is 13.7. The number of thiocarbonyl (C=S) groups is 1. The first-order valence-electron chi connectivity index (χ1n) is 13.1. The Hall–Kier alpha value is -5.28. The molecule has 4 aromatic carbocycles. The minimum absolute atomic E-state index is 0.0600. The molecule has 4 aromatic rings. The number of hydrogen-bond donors (Lipinski definition) is 1. The predicted molar refractivity (Wildman–Crippen MR) is 167 cm³/mol. The molecule has 1 N–H and O–H groups in total. The first kappa shape index (κ1) is 28.3. The van der Waals surface area contributed by atoms with Crippen molar-refractivity contribution >= 4 is 58.2 Å². The second-order valence-corrected chi connectivity index (χ2v) is 9.77. The second-order valence-electron chi connectivity index (χ2n) is 9.41. The maximum absolute atomic E-state index is 13.7. The molecule has 1 aliphatic rings. The molecule has 0 radical (unpaired) electrons. The number of amides is 3. The third-order valence-corrected chi connectivity index (χ3v) is 6.80. The Kier molecular flexibility index (Phi) is 8.40. The fourth-order valence-electron chi connectivity index (χ4n) is 4.46. The van der Waals surface area contributed by atoms with Gasteiger partial charge in [-0.2, -0.15) is 0 Å². The zero-order valence-electron chi connectivity index (χ0n) is 22.9. The minimum Gasteiger partial charge on any atom is -0.493 e. The largest absolute Gasteiger partial charge is 0.493 e. The minimum atomic E-state index is -0.546. The Balaban J connectivity index is 1.42. The number of para-hydroxylation sites is 2. The highest BCUT2D eigenvalue weighted by Crippen LogP contribution is 2.32. The number of carbonyl (C=O) groups is 3. The summed E-state index contributed by atoms with van der Waals surface area (Å²) in [5.41, 5.74) is 3.22. The lowest BCUT2D eigenvalue weighted by Crippen LogP contribution is -2.56. The van der Waals surface area contributed by atoms with Crippen LogP contribution >= 0.6 is 12.2 Å². The molecule has 0 bridgehead atoms. The van der Waals surface area contributed by atoms with Crippen LogP contribution in [0.4, 0.5) is 17.1 Å². The lowest BCUT2D eigenvalue weighted by atomic mass is 10.0. The van der Waals surface area contributed by atoms with Crippen molar-refractivity contribution in [2.75, 3.05) is 28.8 Å².